The first-order valence-electron chi connectivity index (χ1n) is 7.02. The van der Waals surface area contributed by atoms with Crippen LogP contribution in [0.25, 0.3) is 0 Å². The summed E-state index contributed by atoms with van der Waals surface area (Å²) in [5.74, 6) is 1.64. The third-order valence-corrected chi connectivity index (χ3v) is 4.44. The fourth-order valence-electron chi connectivity index (χ4n) is 3.19. The molecule has 1 saturated carbocycles. The Labute approximate surface area is 114 Å². The van der Waals surface area contributed by atoms with Crippen LogP contribution in [-0.2, 0) is 0 Å². The van der Waals surface area contributed by atoms with E-state index in [1.165, 1.54) is 12.8 Å². The molecular formula is C15H21N3O. The van der Waals surface area contributed by atoms with Gasteiger partial charge in [-0.3, -0.25) is 9.78 Å². The van der Waals surface area contributed by atoms with Crippen molar-refractivity contribution < 1.29 is 4.79 Å². The van der Waals surface area contributed by atoms with E-state index in [9.17, 15) is 4.79 Å². The molecule has 2 heterocycles. The standard InChI is InChI=1S/C15H21N3O/c1-17(2)14-10-18(9-13(14)11-3-4-11)15(19)12-5-7-16-8-6-12/h5-8,11,13-14H,3-4,9-10H2,1-2H3/t13-,14+/m1/s1. The van der Waals surface area contributed by atoms with Crippen LogP contribution in [0.15, 0.2) is 24.5 Å². The molecule has 102 valence electrons. The van der Waals surface area contributed by atoms with E-state index in [0.717, 1.165) is 24.6 Å². The van der Waals surface area contributed by atoms with Gasteiger partial charge in [0.05, 0.1) is 0 Å². The molecule has 2 fully saturated rings. The van der Waals surface area contributed by atoms with Crippen LogP contribution in [-0.4, -0.2) is 53.9 Å². The van der Waals surface area contributed by atoms with E-state index in [4.69, 9.17) is 0 Å². The van der Waals surface area contributed by atoms with Gasteiger partial charge < -0.3 is 9.80 Å². The summed E-state index contributed by atoms with van der Waals surface area (Å²) in [4.78, 5) is 20.8. The van der Waals surface area contributed by atoms with Gasteiger partial charge in [0, 0.05) is 37.1 Å². The molecule has 4 heteroatoms. The number of likely N-dealkylation sites (tertiary alicyclic amines) is 1. The molecule has 0 spiro atoms. The van der Waals surface area contributed by atoms with Crippen LogP contribution in [0.2, 0.25) is 0 Å². The Balaban J connectivity index is 1.74. The molecule has 2 aliphatic rings. The summed E-state index contributed by atoms with van der Waals surface area (Å²) in [6.45, 7) is 1.77. The van der Waals surface area contributed by atoms with Crippen molar-refractivity contribution >= 4 is 5.91 Å². The number of hydrogen-bond acceptors (Lipinski definition) is 3. The van der Waals surface area contributed by atoms with Gasteiger partial charge in [-0.25, -0.2) is 0 Å². The summed E-state index contributed by atoms with van der Waals surface area (Å²) in [5.41, 5.74) is 0.754. The summed E-state index contributed by atoms with van der Waals surface area (Å²) in [5, 5.41) is 0. The van der Waals surface area contributed by atoms with E-state index < -0.39 is 0 Å². The van der Waals surface area contributed by atoms with E-state index in [1.54, 1.807) is 24.5 Å². The van der Waals surface area contributed by atoms with Gasteiger partial charge in [-0.1, -0.05) is 0 Å². The Hall–Kier alpha value is -1.42. The topological polar surface area (TPSA) is 36.4 Å². The average molecular weight is 259 g/mol. The van der Waals surface area contributed by atoms with Gasteiger partial charge in [0.1, 0.15) is 0 Å². The predicted molar refractivity (Wildman–Crippen MR) is 73.8 cm³/mol. The highest BCUT2D eigenvalue weighted by Gasteiger charge is 2.44. The first-order valence-corrected chi connectivity index (χ1v) is 7.02. The van der Waals surface area contributed by atoms with Crippen LogP contribution in [0.5, 0.6) is 0 Å². The minimum Gasteiger partial charge on any atom is -0.337 e. The van der Waals surface area contributed by atoms with Crippen LogP contribution in [0.4, 0.5) is 0 Å². The molecule has 1 aliphatic heterocycles. The lowest BCUT2D eigenvalue weighted by Crippen LogP contribution is -2.36. The minimum absolute atomic E-state index is 0.150. The van der Waals surface area contributed by atoms with Crippen LogP contribution < -0.4 is 0 Å². The summed E-state index contributed by atoms with van der Waals surface area (Å²) in [6.07, 6.45) is 6.05. The Morgan fingerprint density at radius 3 is 2.53 bits per heavy atom. The molecule has 1 aromatic heterocycles. The van der Waals surface area contributed by atoms with E-state index >= 15 is 0 Å². The van der Waals surface area contributed by atoms with E-state index in [2.05, 4.69) is 24.0 Å². The molecular weight excluding hydrogens is 238 g/mol. The van der Waals surface area contributed by atoms with Crippen molar-refractivity contribution in [2.75, 3.05) is 27.2 Å². The highest BCUT2D eigenvalue weighted by molar-refractivity contribution is 5.94. The lowest BCUT2D eigenvalue weighted by molar-refractivity contribution is 0.0780. The zero-order chi connectivity index (χ0) is 13.4. The van der Waals surface area contributed by atoms with Gasteiger partial charge in [-0.15, -0.1) is 0 Å². The van der Waals surface area contributed by atoms with Gasteiger partial charge in [0.15, 0.2) is 0 Å². The number of pyridine rings is 1. The Bertz CT molecular complexity index is 446. The maximum Gasteiger partial charge on any atom is 0.254 e. The van der Waals surface area contributed by atoms with Crippen molar-refractivity contribution in [2.24, 2.45) is 11.8 Å². The molecule has 0 bridgehead atoms. The molecule has 0 N–H and O–H groups in total. The normalized spacial score (nSPS) is 27.0. The second-order valence-corrected chi connectivity index (χ2v) is 5.98. The number of likely N-dealkylation sites (N-methyl/N-ethyl adjacent to an activating group) is 1. The number of carbonyl (C=O) groups excluding carboxylic acids is 1. The number of aromatic nitrogens is 1. The number of hydrogen-bond donors (Lipinski definition) is 0. The summed E-state index contributed by atoms with van der Waals surface area (Å²) in [7, 11) is 4.25. The fraction of sp³-hybridized carbons (Fsp3) is 0.600. The highest BCUT2D eigenvalue weighted by atomic mass is 16.2. The van der Waals surface area contributed by atoms with Gasteiger partial charge in [-0.05, 0) is 50.9 Å². The molecule has 2 atom stereocenters. The Morgan fingerprint density at radius 1 is 1.26 bits per heavy atom. The highest BCUT2D eigenvalue weighted by Crippen LogP contribution is 2.42. The van der Waals surface area contributed by atoms with Crippen LogP contribution in [0.1, 0.15) is 23.2 Å². The molecule has 3 rings (SSSR count). The first-order chi connectivity index (χ1) is 9.16. The monoisotopic (exact) mass is 259 g/mol. The van der Waals surface area contributed by atoms with Gasteiger partial charge in [-0.2, -0.15) is 0 Å². The molecule has 0 radical (unpaired) electrons. The number of nitrogens with zero attached hydrogens (tertiary/aromatic N) is 3. The predicted octanol–water partition coefficient (Wildman–Crippen LogP) is 1.49. The van der Waals surface area contributed by atoms with E-state index in [0.29, 0.717) is 12.0 Å². The SMILES string of the molecule is CN(C)[C@H]1CN(C(=O)c2ccncc2)C[C@@H]1C1CC1. The van der Waals surface area contributed by atoms with Gasteiger partial charge in [0.2, 0.25) is 0 Å². The molecule has 1 saturated heterocycles. The molecule has 4 nitrogen and oxygen atoms in total. The molecule has 0 aromatic carbocycles. The maximum atomic E-state index is 12.5. The summed E-state index contributed by atoms with van der Waals surface area (Å²) >= 11 is 0. The molecule has 0 unspecified atom stereocenters. The van der Waals surface area contributed by atoms with Crippen LogP contribution in [0.3, 0.4) is 0 Å². The zero-order valence-corrected chi connectivity index (χ0v) is 11.6. The van der Waals surface area contributed by atoms with Crippen molar-refractivity contribution in [3.63, 3.8) is 0 Å². The Kier molecular flexibility index (Phi) is 3.27. The second kappa shape index (κ2) is 4.93. The summed E-state index contributed by atoms with van der Waals surface area (Å²) < 4.78 is 0. The second-order valence-electron chi connectivity index (χ2n) is 5.98. The quantitative estimate of drug-likeness (QED) is 0.825. The first kappa shape index (κ1) is 12.6. The maximum absolute atomic E-state index is 12.5. The molecule has 1 aromatic rings. The number of rotatable bonds is 3. The molecule has 19 heavy (non-hydrogen) atoms. The van der Waals surface area contributed by atoms with Crippen molar-refractivity contribution in [1.29, 1.82) is 0 Å². The van der Waals surface area contributed by atoms with Crippen LogP contribution >= 0.6 is 0 Å². The van der Waals surface area contributed by atoms with Crippen LogP contribution in [0, 0.1) is 11.8 Å². The van der Waals surface area contributed by atoms with Crippen molar-refractivity contribution in [2.45, 2.75) is 18.9 Å². The smallest absolute Gasteiger partial charge is 0.254 e. The van der Waals surface area contributed by atoms with Crippen molar-refractivity contribution in [3.8, 4) is 0 Å². The van der Waals surface area contributed by atoms with Gasteiger partial charge >= 0.3 is 0 Å². The Morgan fingerprint density at radius 2 is 1.95 bits per heavy atom. The van der Waals surface area contributed by atoms with Gasteiger partial charge in [0.25, 0.3) is 5.91 Å². The minimum atomic E-state index is 0.150. The van der Waals surface area contributed by atoms with Crippen molar-refractivity contribution in [3.05, 3.63) is 30.1 Å². The third kappa shape index (κ3) is 2.50. The lowest BCUT2D eigenvalue weighted by Gasteiger charge is -2.24. The molecule has 1 aliphatic carbocycles. The van der Waals surface area contributed by atoms with E-state index in [-0.39, 0.29) is 5.91 Å². The van der Waals surface area contributed by atoms with E-state index in [1.807, 2.05) is 4.90 Å². The summed E-state index contributed by atoms with van der Waals surface area (Å²) in [6, 6.07) is 4.12. The lowest BCUT2D eigenvalue weighted by atomic mass is 9.97. The number of carbonyl (C=O) groups is 1. The zero-order valence-electron chi connectivity index (χ0n) is 11.6. The third-order valence-electron chi connectivity index (χ3n) is 4.44. The number of amides is 1. The van der Waals surface area contributed by atoms with Crippen molar-refractivity contribution in [1.82, 2.24) is 14.8 Å². The largest absolute Gasteiger partial charge is 0.337 e. The fourth-order valence-corrected chi connectivity index (χ4v) is 3.19. The average Bonchev–Trinajstić information content (AvgIpc) is 3.17. The molecule has 1 amide bonds.